The molecule has 16 heavy (non-hydrogen) atoms. The molecule has 2 aliphatic rings. The van der Waals surface area contributed by atoms with Crippen molar-refractivity contribution in [3.63, 3.8) is 0 Å². The first kappa shape index (κ1) is 11.9. The van der Waals surface area contributed by atoms with Gasteiger partial charge in [-0.1, -0.05) is 0 Å². The molecular weight excluding hydrogens is 264 g/mol. The second kappa shape index (κ2) is 4.74. The van der Waals surface area contributed by atoms with Crippen LogP contribution >= 0.6 is 17.0 Å². The van der Waals surface area contributed by atoms with Gasteiger partial charge in [0, 0.05) is 17.1 Å². The highest BCUT2D eigenvalue weighted by atomic mass is 79.9. The number of rotatable bonds is 0. The summed E-state index contributed by atoms with van der Waals surface area (Å²) in [4.78, 5) is 4.83. The monoisotopic (exact) mass is 282 g/mol. The van der Waals surface area contributed by atoms with Gasteiger partial charge in [-0.2, -0.15) is 0 Å². The van der Waals surface area contributed by atoms with E-state index in [2.05, 4.69) is 0 Å². The van der Waals surface area contributed by atoms with E-state index >= 15 is 0 Å². The fraction of sp³-hybridized carbons (Fsp3) is 0.615. The molecule has 0 amide bonds. The lowest BCUT2D eigenvalue weighted by molar-refractivity contribution is 0.630. The van der Waals surface area contributed by atoms with Gasteiger partial charge >= 0.3 is 0 Å². The zero-order valence-corrected chi connectivity index (χ0v) is 11.3. The standard InChI is InChI=1S/C13H18N2.BrH/c14-13-9-5-1-3-7-11(9)15-12-8-4-2-6-10(12)13;/h1-8H2,(H2,14,15);1H. The average Bonchev–Trinajstić information content (AvgIpc) is 2.30. The Bertz CT molecular complexity index is 367. The summed E-state index contributed by atoms with van der Waals surface area (Å²) >= 11 is 0. The van der Waals surface area contributed by atoms with Crippen LogP contribution in [0.3, 0.4) is 0 Å². The first-order chi connectivity index (χ1) is 7.36. The smallest absolute Gasteiger partial charge is 0.0459 e. The summed E-state index contributed by atoms with van der Waals surface area (Å²) in [6, 6.07) is 0. The van der Waals surface area contributed by atoms with Crippen LogP contribution in [-0.4, -0.2) is 4.98 Å². The Morgan fingerprint density at radius 1 is 0.750 bits per heavy atom. The van der Waals surface area contributed by atoms with E-state index in [9.17, 15) is 0 Å². The Morgan fingerprint density at radius 2 is 1.19 bits per heavy atom. The van der Waals surface area contributed by atoms with Crippen molar-refractivity contribution in [3.8, 4) is 0 Å². The first-order valence-electron chi connectivity index (χ1n) is 6.15. The number of nitrogens with zero attached hydrogens (tertiary/aromatic N) is 1. The summed E-state index contributed by atoms with van der Waals surface area (Å²) in [6.07, 6.45) is 9.76. The highest BCUT2D eigenvalue weighted by molar-refractivity contribution is 8.93. The number of nitrogen functional groups attached to an aromatic ring is 1. The molecule has 1 heterocycles. The summed E-state index contributed by atoms with van der Waals surface area (Å²) in [5.41, 5.74) is 12.7. The van der Waals surface area contributed by atoms with Crippen molar-refractivity contribution in [1.82, 2.24) is 4.98 Å². The third-order valence-electron chi connectivity index (χ3n) is 3.80. The number of aromatic nitrogens is 1. The molecular formula is C13H19BrN2. The maximum Gasteiger partial charge on any atom is 0.0459 e. The summed E-state index contributed by atoms with van der Waals surface area (Å²) in [6.45, 7) is 0. The molecule has 2 N–H and O–H groups in total. The summed E-state index contributed by atoms with van der Waals surface area (Å²) in [5, 5.41) is 0. The van der Waals surface area contributed by atoms with Crippen LogP contribution < -0.4 is 5.73 Å². The fourth-order valence-corrected chi connectivity index (χ4v) is 2.95. The molecule has 3 rings (SSSR count). The van der Waals surface area contributed by atoms with E-state index in [4.69, 9.17) is 10.7 Å². The van der Waals surface area contributed by atoms with Gasteiger partial charge in [-0.05, 0) is 62.5 Å². The minimum absolute atomic E-state index is 0. The highest BCUT2D eigenvalue weighted by Crippen LogP contribution is 2.32. The van der Waals surface area contributed by atoms with Gasteiger partial charge in [0.25, 0.3) is 0 Å². The van der Waals surface area contributed by atoms with Gasteiger partial charge in [-0.25, -0.2) is 0 Å². The minimum Gasteiger partial charge on any atom is -0.398 e. The minimum atomic E-state index is 0. The number of aryl methyl sites for hydroxylation is 2. The lowest BCUT2D eigenvalue weighted by atomic mass is 9.87. The van der Waals surface area contributed by atoms with Gasteiger partial charge in [0.15, 0.2) is 0 Å². The van der Waals surface area contributed by atoms with Crippen LogP contribution in [0.4, 0.5) is 5.69 Å². The number of hydrogen-bond donors (Lipinski definition) is 1. The third-order valence-corrected chi connectivity index (χ3v) is 3.80. The maximum absolute atomic E-state index is 6.28. The number of nitrogens with two attached hydrogens (primary N) is 1. The molecule has 0 spiro atoms. The van der Waals surface area contributed by atoms with Crippen molar-refractivity contribution in [1.29, 1.82) is 0 Å². The molecule has 0 bridgehead atoms. The van der Waals surface area contributed by atoms with Gasteiger partial charge in [0.2, 0.25) is 0 Å². The van der Waals surface area contributed by atoms with Crippen molar-refractivity contribution in [2.75, 3.05) is 5.73 Å². The molecule has 0 fully saturated rings. The van der Waals surface area contributed by atoms with Crippen LogP contribution in [0.1, 0.15) is 48.2 Å². The molecule has 1 aromatic rings. The number of hydrogen-bond acceptors (Lipinski definition) is 2. The molecule has 3 heteroatoms. The molecule has 2 nitrogen and oxygen atoms in total. The van der Waals surface area contributed by atoms with E-state index in [0.717, 1.165) is 31.4 Å². The van der Waals surface area contributed by atoms with Crippen molar-refractivity contribution in [3.05, 3.63) is 22.5 Å². The Labute approximate surface area is 107 Å². The normalized spacial score (nSPS) is 18.2. The van der Waals surface area contributed by atoms with Crippen molar-refractivity contribution >= 4 is 22.7 Å². The second-order valence-electron chi connectivity index (χ2n) is 4.79. The molecule has 88 valence electrons. The van der Waals surface area contributed by atoms with Crippen LogP contribution in [0.15, 0.2) is 0 Å². The molecule has 0 unspecified atom stereocenters. The molecule has 2 aliphatic carbocycles. The summed E-state index contributed by atoms with van der Waals surface area (Å²) in [7, 11) is 0. The second-order valence-corrected chi connectivity index (χ2v) is 4.79. The lowest BCUT2D eigenvalue weighted by Gasteiger charge is -2.24. The van der Waals surface area contributed by atoms with Crippen LogP contribution in [0.5, 0.6) is 0 Å². The summed E-state index contributed by atoms with van der Waals surface area (Å²) in [5.74, 6) is 0. The fourth-order valence-electron chi connectivity index (χ4n) is 2.95. The van der Waals surface area contributed by atoms with Crippen LogP contribution in [-0.2, 0) is 25.7 Å². The first-order valence-corrected chi connectivity index (χ1v) is 6.15. The van der Waals surface area contributed by atoms with Gasteiger partial charge in [-0.3, -0.25) is 4.98 Å². The third kappa shape index (κ3) is 1.86. The van der Waals surface area contributed by atoms with Crippen LogP contribution in [0, 0.1) is 0 Å². The molecule has 0 saturated carbocycles. The molecule has 0 radical (unpaired) electrons. The molecule has 0 saturated heterocycles. The van der Waals surface area contributed by atoms with Crippen LogP contribution in [0.25, 0.3) is 0 Å². The van der Waals surface area contributed by atoms with E-state index in [1.54, 1.807) is 0 Å². The zero-order valence-electron chi connectivity index (χ0n) is 9.59. The van der Waals surface area contributed by atoms with E-state index in [1.165, 1.54) is 48.2 Å². The number of fused-ring (bicyclic) bond motifs is 2. The van der Waals surface area contributed by atoms with Crippen LogP contribution in [0.2, 0.25) is 0 Å². The Hall–Kier alpha value is -0.570. The van der Waals surface area contributed by atoms with Gasteiger partial charge in [0.1, 0.15) is 0 Å². The Morgan fingerprint density at radius 3 is 1.69 bits per heavy atom. The average molecular weight is 283 g/mol. The number of pyridine rings is 1. The zero-order chi connectivity index (χ0) is 10.3. The van der Waals surface area contributed by atoms with Gasteiger partial charge < -0.3 is 5.73 Å². The highest BCUT2D eigenvalue weighted by Gasteiger charge is 2.21. The van der Waals surface area contributed by atoms with Crippen molar-refractivity contribution in [2.45, 2.75) is 51.4 Å². The van der Waals surface area contributed by atoms with Crippen molar-refractivity contribution < 1.29 is 0 Å². The topological polar surface area (TPSA) is 38.9 Å². The predicted octanol–water partition coefficient (Wildman–Crippen LogP) is 3.00. The lowest BCUT2D eigenvalue weighted by Crippen LogP contribution is -2.16. The van der Waals surface area contributed by atoms with E-state index < -0.39 is 0 Å². The molecule has 0 atom stereocenters. The quantitative estimate of drug-likeness (QED) is 0.795. The number of anilines is 1. The van der Waals surface area contributed by atoms with Crippen molar-refractivity contribution in [2.24, 2.45) is 0 Å². The largest absolute Gasteiger partial charge is 0.398 e. The molecule has 1 aromatic heterocycles. The predicted molar refractivity (Wildman–Crippen MR) is 72.3 cm³/mol. The maximum atomic E-state index is 6.28. The Kier molecular flexibility index (Phi) is 3.53. The molecule has 0 aliphatic heterocycles. The van der Waals surface area contributed by atoms with E-state index in [1.807, 2.05) is 0 Å². The van der Waals surface area contributed by atoms with Gasteiger partial charge in [-0.15, -0.1) is 17.0 Å². The summed E-state index contributed by atoms with van der Waals surface area (Å²) < 4.78 is 0. The SMILES string of the molecule is Br.Nc1c2c(nc3c1CCCC3)CCCC2. The van der Waals surface area contributed by atoms with E-state index in [0.29, 0.717) is 0 Å². The number of halogens is 1. The van der Waals surface area contributed by atoms with Gasteiger partial charge in [0.05, 0.1) is 0 Å². The molecule has 0 aromatic carbocycles. The van der Waals surface area contributed by atoms with E-state index in [-0.39, 0.29) is 17.0 Å². The Balaban J connectivity index is 0.000000963.